The molecular formula is C11H16Cl2FNO2. The van der Waals surface area contributed by atoms with Gasteiger partial charge in [0.1, 0.15) is 11.6 Å². The summed E-state index contributed by atoms with van der Waals surface area (Å²) < 4.78 is 13.6. The van der Waals surface area contributed by atoms with E-state index in [1.54, 1.807) is 13.8 Å². The number of benzene rings is 1. The van der Waals surface area contributed by atoms with Crippen molar-refractivity contribution in [3.8, 4) is 5.75 Å². The molecule has 0 saturated carbocycles. The lowest BCUT2D eigenvalue weighted by molar-refractivity contribution is 0.129. The Kier molecular flexibility index (Phi) is 5.68. The highest BCUT2D eigenvalue weighted by molar-refractivity contribution is 6.32. The largest absolute Gasteiger partial charge is 0.506 e. The van der Waals surface area contributed by atoms with Crippen LogP contribution in [0.5, 0.6) is 5.75 Å². The van der Waals surface area contributed by atoms with Crippen LogP contribution in [0.1, 0.15) is 25.5 Å². The lowest BCUT2D eigenvalue weighted by Gasteiger charge is -2.30. The summed E-state index contributed by atoms with van der Waals surface area (Å²) in [5.74, 6) is -0.994. The fraction of sp³-hybridized carbons (Fsp3) is 0.455. The monoisotopic (exact) mass is 283 g/mol. The van der Waals surface area contributed by atoms with Crippen LogP contribution in [0.15, 0.2) is 12.1 Å². The van der Waals surface area contributed by atoms with Crippen molar-refractivity contribution >= 4 is 24.0 Å². The predicted molar refractivity (Wildman–Crippen MR) is 68.1 cm³/mol. The van der Waals surface area contributed by atoms with E-state index in [9.17, 15) is 9.50 Å². The second-order valence-corrected chi connectivity index (χ2v) is 4.82. The molecule has 0 amide bonds. The van der Waals surface area contributed by atoms with Gasteiger partial charge in [0.05, 0.1) is 5.02 Å². The third-order valence-corrected chi connectivity index (χ3v) is 2.98. The van der Waals surface area contributed by atoms with E-state index in [-0.39, 0.29) is 35.3 Å². The zero-order valence-corrected chi connectivity index (χ0v) is 11.1. The van der Waals surface area contributed by atoms with Crippen molar-refractivity contribution in [1.29, 1.82) is 0 Å². The quantitative estimate of drug-likeness (QED) is 0.799. The van der Waals surface area contributed by atoms with Gasteiger partial charge in [0.25, 0.3) is 0 Å². The molecule has 0 spiro atoms. The van der Waals surface area contributed by atoms with Crippen LogP contribution in [0.2, 0.25) is 5.02 Å². The van der Waals surface area contributed by atoms with Crippen LogP contribution in [-0.4, -0.2) is 16.8 Å². The Morgan fingerprint density at radius 1 is 1.47 bits per heavy atom. The molecule has 98 valence electrons. The Hall–Kier alpha value is -0.550. The van der Waals surface area contributed by atoms with E-state index in [4.69, 9.17) is 22.4 Å². The Bertz CT molecular complexity index is 399. The molecule has 0 radical (unpaired) electrons. The maximum absolute atomic E-state index is 13.6. The van der Waals surface area contributed by atoms with Crippen molar-refractivity contribution in [2.45, 2.75) is 19.9 Å². The zero-order valence-electron chi connectivity index (χ0n) is 9.58. The van der Waals surface area contributed by atoms with E-state index in [0.29, 0.717) is 0 Å². The molecule has 0 fully saturated rings. The molecule has 0 aliphatic rings. The summed E-state index contributed by atoms with van der Waals surface area (Å²) in [6.07, 6.45) is 0. The van der Waals surface area contributed by atoms with Crippen molar-refractivity contribution in [3.63, 3.8) is 0 Å². The van der Waals surface area contributed by atoms with Gasteiger partial charge in [0, 0.05) is 23.6 Å². The van der Waals surface area contributed by atoms with Gasteiger partial charge in [-0.05, 0) is 12.1 Å². The number of nitrogens with two attached hydrogens (primary N) is 1. The number of hydrogen-bond donors (Lipinski definition) is 3. The van der Waals surface area contributed by atoms with Gasteiger partial charge in [-0.15, -0.1) is 12.4 Å². The molecule has 0 unspecified atom stereocenters. The van der Waals surface area contributed by atoms with Crippen LogP contribution in [-0.2, 0) is 0 Å². The first-order valence-electron chi connectivity index (χ1n) is 4.84. The molecule has 1 aromatic rings. The average Bonchev–Trinajstić information content (AvgIpc) is 2.24. The van der Waals surface area contributed by atoms with E-state index >= 15 is 0 Å². The topological polar surface area (TPSA) is 66.5 Å². The SMILES string of the molecule is CC(C)(CO)[C@@H](N)c1c(F)ccc(Cl)c1O.Cl. The molecule has 17 heavy (non-hydrogen) atoms. The summed E-state index contributed by atoms with van der Waals surface area (Å²) in [4.78, 5) is 0. The third-order valence-electron chi connectivity index (χ3n) is 2.68. The van der Waals surface area contributed by atoms with Gasteiger partial charge in [-0.3, -0.25) is 0 Å². The maximum Gasteiger partial charge on any atom is 0.141 e. The molecule has 0 bridgehead atoms. The second kappa shape index (κ2) is 5.87. The van der Waals surface area contributed by atoms with Crippen LogP contribution in [0.25, 0.3) is 0 Å². The van der Waals surface area contributed by atoms with Crippen LogP contribution < -0.4 is 5.73 Å². The van der Waals surface area contributed by atoms with E-state index in [2.05, 4.69) is 0 Å². The maximum atomic E-state index is 13.6. The molecule has 6 heteroatoms. The molecule has 1 rings (SSSR count). The van der Waals surface area contributed by atoms with Gasteiger partial charge in [0.15, 0.2) is 0 Å². The summed E-state index contributed by atoms with van der Waals surface area (Å²) in [6, 6.07) is 1.57. The van der Waals surface area contributed by atoms with Gasteiger partial charge in [0.2, 0.25) is 0 Å². The average molecular weight is 284 g/mol. The molecular weight excluding hydrogens is 268 g/mol. The number of aliphatic hydroxyl groups is 1. The molecule has 0 aliphatic heterocycles. The first kappa shape index (κ1) is 16.4. The highest BCUT2D eigenvalue weighted by Crippen LogP contribution is 2.39. The number of phenolic OH excluding ortho intramolecular Hbond substituents is 1. The highest BCUT2D eigenvalue weighted by Gasteiger charge is 2.31. The molecule has 1 aromatic carbocycles. The lowest BCUT2D eigenvalue weighted by atomic mass is 9.81. The summed E-state index contributed by atoms with van der Waals surface area (Å²) in [5, 5.41) is 18.9. The minimum absolute atomic E-state index is 0. The smallest absolute Gasteiger partial charge is 0.141 e. The van der Waals surface area contributed by atoms with E-state index in [1.807, 2.05) is 0 Å². The Balaban J connectivity index is 0.00000256. The molecule has 0 aliphatic carbocycles. The Morgan fingerprint density at radius 2 is 2.00 bits per heavy atom. The van der Waals surface area contributed by atoms with Crippen molar-refractivity contribution in [3.05, 3.63) is 28.5 Å². The number of halogens is 3. The second-order valence-electron chi connectivity index (χ2n) is 4.42. The number of aliphatic hydroxyl groups excluding tert-OH is 1. The lowest BCUT2D eigenvalue weighted by Crippen LogP contribution is -2.33. The molecule has 0 heterocycles. The van der Waals surface area contributed by atoms with Crippen LogP contribution in [0, 0.1) is 11.2 Å². The van der Waals surface area contributed by atoms with Crippen molar-refractivity contribution in [1.82, 2.24) is 0 Å². The highest BCUT2D eigenvalue weighted by atomic mass is 35.5. The first-order valence-corrected chi connectivity index (χ1v) is 5.22. The third kappa shape index (κ3) is 3.22. The number of rotatable bonds is 3. The zero-order chi connectivity index (χ0) is 12.5. The first-order chi connectivity index (χ1) is 7.31. The van der Waals surface area contributed by atoms with Gasteiger partial charge >= 0.3 is 0 Å². The molecule has 3 nitrogen and oxygen atoms in total. The normalized spacial score (nSPS) is 13.1. The van der Waals surface area contributed by atoms with Crippen LogP contribution in [0.4, 0.5) is 4.39 Å². The van der Waals surface area contributed by atoms with Crippen molar-refractivity contribution in [2.24, 2.45) is 11.1 Å². The fourth-order valence-corrected chi connectivity index (χ4v) is 1.51. The van der Waals surface area contributed by atoms with E-state index in [0.717, 1.165) is 6.07 Å². The van der Waals surface area contributed by atoms with Crippen LogP contribution in [0.3, 0.4) is 0 Å². The summed E-state index contributed by atoms with van der Waals surface area (Å²) in [6.45, 7) is 3.13. The fourth-order valence-electron chi connectivity index (χ4n) is 1.34. The molecule has 0 aromatic heterocycles. The predicted octanol–water partition coefficient (Wildman–Crippen LogP) is 2.62. The molecule has 4 N–H and O–H groups in total. The van der Waals surface area contributed by atoms with Gasteiger partial charge in [-0.25, -0.2) is 4.39 Å². The van der Waals surface area contributed by atoms with Crippen molar-refractivity contribution in [2.75, 3.05) is 6.61 Å². The van der Waals surface area contributed by atoms with Crippen molar-refractivity contribution < 1.29 is 14.6 Å². The van der Waals surface area contributed by atoms with E-state index < -0.39 is 17.3 Å². The summed E-state index contributed by atoms with van der Waals surface area (Å²) in [5.41, 5.74) is 5.02. The minimum Gasteiger partial charge on any atom is -0.506 e. The minimum atomic E-state index is -0.837. The van der Waals surface area contributed by atoms with Crippen LogP contribution >= 0.6 is 24.0 Å². The standard InChI is InChI=1S/C11H15ClFNO2.ClH/c1-11(2,5-15)10(14)8-7(13)4-3-6(12)9(8)16;/h3-4,10,15-16H,5,14H2,1-2H3;1H/t10-;/m0./s1. The Labute approximate surface area is 111 Å². The van der Waals surface area contributed by atoms with Gasteiger partial charge in [-0.2, -0.15) is 0 Å². The van der Waals surface area contributed by atoms with Gasteiger partial charge in [-0.1, -0.05) is 25.4 Å². The summed E-state index contributed by atoms with van der Waals surface area (Å²) >= 11 is 5.69. The van der Waals surface area contributed by atoms with E-state index in [1.165, 1.54) is 6.07 Å². The number of aromatic hydroxyl groups is 1. The number of phenols is 1. The number of hydrogen-bond acceptors (Lipinski definition) is 3. The Morgan fingerprint density at radius 3 is 2.47 bits per heavy atom. The molecule has 1 atom stereocenters. The summed E-state index contributed by atoms with van der Waals surface area (Å²) in [7, 11) is 0. The molecule has 0 saturated heterocycles. The van der Waals surface area contributed by atoms with Gasteiger partial charge < -0.3 is 15.9 Å².